The lowest BCUT2D eigenvalue weighted by Gasteiger charge is -2.33. The number of hydrogen-bond donors (Lipinski definition) is 0. The van der Waals surface area contributed by atoms with E-state index in [2.05, 4.69) is 0 Å². The summed E-state index contributed by atoms with van der Waals surface area (Å²) in [5.41, 5.74) is 0.115. The number of fused-ring (bicyclic) bond motifs is 1. The van der Waals surface area contributed by atoms with E-state index >= 15 is 0 Å². The van der Waals surface area contributed by atoms with E-state index in [1.807, 2.05) is 12.1 Å². The SMILES string of the molecule is COCc1c(C(=O)N2CCN(S(=O)(=O)c3cccc(C(F)(F)F)c3)CC2)oc2ccccc12. The van der Waals surface area contributed by atoms with Gasteiger partial charge in [-0.15, -0.1) is 0 Å². The zero-order chi connectivity index (χ0) is 23.8. The third-order valence-corrected chi connectivity index (χ3v) is 7.40. The molecule has 0 radical (unpaired) electrons. The molecule has 1 fully saturated rings. The summed E-state index contributed by atoms with van der Waals surface area (Å²) in [6, 6.07) is 10.8. The third-order valence-electron chi connectivity index (χ3n) is 5.51. The molecule has 0 atom stereocenters. The molecule has 1 amide bonds. The van der Waals surface area contributed by atoms with Crippen LogP contribution in [-0.4, -0.2) is 56.8 Å². The number of rotatable bonds is 5. The van der Waals surface area contributed by atoms with Crippen LogP contribution in [0.1, 0.15) is 21.7 Å². The Morgan fingerprint density at radius 2 is 1.76 bits per heavy atom. The smallest absolute Gasteiger partial charge is 0.416 e. The molecule has 1 aliphatic rings. The number of furan rings is 1. The van der Waals surface area contributed by atoms with Gasteiger partial charge in [0.1, 0.15) is 5.58 Å². The van der Waals surface area contributed by atoms with Crippen molar-refractivity contribution in [1.29, 1.82) is 0 Å². The lowest BCUT2D eigenvalue weighted by Crippen LogP contribution is -2.50. The van der Waals surface area contributed by atoms with Crippen LogP contribution in [0, 0.1) is 0 Å². The lowest BCUT2D eigenvalue weighted by molar-refractivity contribution is -0.137. The van der Waals surface area contributed by atoms with E-state index in [1.165, 1.54) is 12.0 Å². The van der Waals surface area contributed by atoms with Gasteiger partial charge in [-0.2, -0.15) is 17.5 Å². The van der Waals surface area contributed by atoms with Gasteiger partial charge in [-0.1, -0.05) is 24.3 Å². The molecule has 0 bridgehead atoms. The van der Waals surface area contributed by atoms with E-state index in [4.69, 9.17) is 9.15 Å². The highest BCUT2D eigenvalue weighted by atomic mass is 32.2. The van der Waals surface area contributed by atoms with Gasteiger partial charge in [-0.3, -0.25) is 4.79 Å². The van der Waals surface area contributed by atoms with Crippen molar-refractivity contribution in [3.8, 4) is 0 Å². The summed E-state index contributed by atoms with van der Waals surface area (Å²) in [7, 11) is -2.64. The highest BCUT2D eigenvalue weighted by molar-refractivity contribution is 7.89. The minimum Gasteiger partial charge on any atom is -0.451 e. The molecule has 0 unspecified atom stereocenters. The van der Waals surface area contributed by atoms with Crippen LogP contribution in [0.3, 0.4) is 0 Å². The molecule has 2 heterocycles. The molecule has 0 spiro atoms. The van der Waals surface area contributed by atoms with Crippen molar-refractivity contribution in [1.82, 2.24) is 9.21 Å². The molecule has 0 saturated carbocycles. The van der Waals surface area contributed by atoms with Crippen molar-refractivity contribution < 1.29 is 35.5 Å². The maximum Gasteiger partial charge on any atom is 0.416 e. The fourth-order valence-corrected chi connectivity index (χ4v) is 5.28. The molecular weight excluding hydrogens is 461 g/mol. The van der Waals surface area contributed by atoms with E-state index in [-0.39, 0.29) is 38.5 Å². The number of nitrogens with zero attached hydrogens (tertiary/aromatic N) is 2. The Bertz CT molecular complexity index is 1280. The maximum atomic E-state index is 13.1. The molecule has 4 rings (SSSR count). The standard InChI is InChI=1S/C22H21F3N2O5S/c1-31-14-18-17-7-2-3-8-19(17)32-20(18)21(28)26-9-11-27(12-10-26)33(29,30)16-6-4-5-15(13-16)22(23,24)25/h2-8,13H,9-12,14H2,1H3. The van der Waals surface area contributed by atoms with Gasteiger partial charge >= 0.3 is 6.18 Å². The topological polar surface area (TPSA) is 80.1 Å². The Balaban J connectivity index is 1.52. The number of para-hydroxylation sites is 1. The molecule has 1 aromatic heterocycles. The second kappa shape index (κ2) is 8.81. The van der Waals surface area contributed by atoms with Gasteiger partial charge in [-0.05, 0) is 24.3 Å². The van der Waals surface area contributed by atoms with E-state index in [1.54, 1.807) is 12.1 Å². The first-order valence-electron chi connectivity index (χ1n) is 10.1. The van der Waals surface area contributed by atoms with Crippen LogP contribution in [-0.2, 0) is 27.5 Å². The number of hydrogen-bond acceptors (Lipinski definition) is 5. The van der Waals surface area contributed by atoms with Gasteiger partial charge in [0, 0.05) is 44.2 Å². The molecule has 7 nitrogen and oxygen atoms in total. The Labute approximate surface area is 188 Å². The minimum absolute atomic E-state index is 0.0514. The number of ether oxygens (including phenoxy) is 1. The van der Waals surface area contributed by atoms with Gasteiger partial charge in [0.25, 0.3) is 5.91 Å². The van der Waals surface area contributed by atoms with Crippen LogP contribution < -0.4 is 0 Å². The predicted molar refractivity (Wildman–Crippen MR) is 113 cm³/mol. The first-order valence-corrected chi connectivity index (χ1v) is 11.5. The van der Waals surface area contributed by atoms with Crippen molar-refractivity contribution in [2.24, 2.45) is 0 Å². The van der Waals surface area contributed by atoms with Crippen LogP contribution >= 0.6 is 0 Å². The monoisotopic (exact) mass is 482 g/mol. The van der Waals surface area contributed by atoms with Crippen LogP contribution in [0.5, 0.6) is 0 Å². The van der Waals surface area contributed by atoms with Crippen molar-refractivity contribution in [3.05, 3.63) is 65.4 Å². The third kappa shape index (κ3) is 4.48. The summed E-state index contributed by atoms with van der Waals surface area (Å²) in [5.74, 6) is -0.262. The van der Waals surface area contributed by atoms with Gasteiger partial charge in [0.05, 0.1) is 17.1 Å². The Hall–Kier alpha value is -2.89. The maximum absolute atomic E-state index is 13.1. The molecule has 11 heteroatoms. The Kier molecular flexibility index (Phi) is 6.21. The summed E-state index contributed by atoms with van der Waals surface area (Å²) in [6.07, 6.45) is -4.65. The van der Waals surface area contributed by atoms with Gasteiger partial charge in [0.15, 0.2) is 5.76 Å². The van der Waals surface area contributed by atoms with Crippen LogP contribution in [0.4, 0.5) is 13.2 Å². The number of alkyl halides is 3. The number of piperazine rings is 1. The van der Waals surface area contributed by atoms with E-state index in [0.29, 0.717) is 17.2 Å². The summed E-state index contributed by atoms with van der Waals surface area (Å²) in [6.45, 7) is 0.206. The summed E-state index contributed by atoms with van der Waals surface area (Å²) in [4.78, 5) is 14.2. The van der Waals surface area contributed by atoms with E-state index in [0.717, 1.165) is 27.9 Å². The fourth-order valence-electron chi connectivity index (χ4n) is 3.82. The van der Waals surface area contributed by atoms with E-state index < -0.39 is 32.6 Å². The number of halogens is 3. The zero-order valence-electron chi connectivity index (χ0n) is 17.6. The van der Waals surface area contributed by atoms with Crippen LogP contribution in [0.2, 0.25) is 0 Å². The van der Waals surface area contributed by atoms with E-state index in [9.17, 15) is 26.4 Å². The molecule has 33 heavy (non-hydrogen) atoms. The number of carbonyl (C=O) groups excluding carboxylic acids is 1. The minimum atomic E-state index is -4.65. The number of sulfonamides is 1. The van der Waals surface area contributed by atoms with Crippen molar-refractivity contribution in [2.45, 2.75) is 17.7 Å². The number of amides is 1. The number of methoxy groups -OCH3 is 1. The van der Waals surface area contributed by atoms with Gasteiger partial charge in [-0.25, -0.2) is 8.42 Å². The second-order valence-corrected chi connectivity index (χ2v) is 9.50. The molecule has 0 aliphatic carbocycles. The quantitative estimate of drug-likeness (QED) is 0.554. The van der Waals surface area contributed by atoms with Crippen molar-refractivity contribution in [3.63, 3.8) is 0 Å². The molecule has 1 aliphatic heterocycles. The lowest BCUT2D eigenvalue weighted by atomic mass is 10.1. The molecule has 176 valence electrons. The largest absolute Gasteiger partial charge is 0.451 e. The first kappa shape index (κ1) is 23.3. The average molecular weight is 482 g/mol. The number of benzene rings is 2. The average Bonchev–Trinajstić information content (AvgIpc) is 3.17. The first-order chi connectivity index (χ1) is 15.6. The van der Waals surface area contributed by atoms with Crippen molar-refractivity contribution in [2.75, 3.05) is 33.3 Å². The molecule has 1 saturated heterocycles. The highest BCUT2D eigenvalue weighted by Crippen LogP contribution is 2.32. The van der Waals surface area contributed by atoms with Gasteiger partial charge in [0.2, 0.25) is 10.0 Å². The van der Waals surface area contributed by atoms with Crippen LogP contribution in [0.15, 0.2) is 57.8 Å². The second-order valence-electron chi connectivity index (χ2n) is 7.56. The van der Waals surface area contributed by atoms with Crippen LogP contribution in [0.25, 0.3) is 11.0 Å². The molecular formula is C22H21F3N2O5S. The van der Waals surface area contributed by atoms with Crippen molar-refractivity contribution >= 4 is 26.9 Å². The number of carbonyl (C=O) groups is 1. The van der Waals surface area contributed by atoms with Gasteiger partial charge < -0.3 is 14.1 Å². The molecule has 2 aromatic carbocycles. The summed E-state index contributed by atoms with van der Waals surface area (Å²) < 4.78 is 76.8. The summed E-state index contributed by atoms with van der Waals surface area (Å²) >= 11 is 0. The normalized spacial score (nSPS) is 15.8. The Morgan fingerprint density at radius 1 is 1.06 bits per heavy atom. The zero-order valence-corrected chi connectivity index (χ0v) is 18.4. The highest BCUT2D eigenvalue weighted by Gasteiger charge is 2.35. The molecule has 0 N–H and O–H groups in total. The fraction of sp³-hybridized carbons (Fsp3) is 0.318. The summed E-state index contributed by atoms with van der Waals surface area (Å²) in [5, 5.41) is 0.758. The molecule has 3 aromatic rings. The predicted octanol–water partition coefficient (Wildman–Crippen LogP) is 3.74. The Morgan fingerprint density at radius 3 is 2.42 bits per heavy atom.